The van der Waals surface area contributed by atoms with Gasteiger partial charge in [-0.2, -0.15) is 0 Å². The fourth-order valence-corrected chi connectivity index (χ4v) is 6.23. The lowest BCUT2D eigenvalue weighted by Crippen LogP contribution is -2.36. The number of nitrogens with one attached hydrogen (secondary N) is 3. The highest BCUT2D eigenvalue weighted by atomic mass is 16.2. The molecule has 2 aromatic carbocycles. The Labute approximate surface area is 237 Å². The minimum Gasteiger partial charge on any atom is -0.382 e. The number of fused-ring (bicyclic) bond motifs is 5. The average molecular weight is 545 g/mol. The molecule has 3 aromatic rings. The SMILES string of the molecule is CCCN(CCNC)C(=O)c1ccc2c(c1)nc1n2[C@@H](C(C)C)C(=O)Nc2ccc(NC3CCCCCC3)cc2-1. The first kappa shape index (κ1) is 28.1. The zero-order chi connectivity index (χ0) is 28.2. The monoisotopic (exact) mass is 544 g/mol. The second-order valence-electron chi connectivity index (χ2n) is 11.7. The molecule has 2 aliphatic rings. The van der Waals surface area contributed by atoms with E-state index in [4.69, 9.17) is 4.98 Å². The molecule has 5 rings (SSSR count). The van der Waals surface area contributed by atoms with Gasteiger partial charge >= 0.3 is 0 Å². The van der Waals surface area contributed by atoms with Crippen LogP contribution < -0.4 is 16.0 Å². The van der Waals surface area contributed by atoms with Crippen LogP contribution in [-0.2, 0) is 4.79 Å². The molecule has 1 atom stereocenters. The number of imidazole rings is 1. The predicted molar refractivity (Wildman–Crippen MR) is 163 cm³/mol. The summed E-state index contributed by atoms with van der Waals surface area (Å²) in [5.74, 6) is 0.782. The lowest BCUT2D eigenvalue weighted by atomic mass is 10.0. The maximum atomic E-state index is 13.6. The fraction of sp³-hybridized carbons (Fsp3) is 0.531. The highest BCUT2D eigenvalue weighted by molar-refractivity contribution is 6.03. The number of hydrogen-bond donors (Lipinski definition) is 3. The molecule has 1 saturated carbocycles. The number of carbonyl (C=O) groups excluding carboxylic acids is 2. The van der Waals surface area contributed by atoms with E-state index in [9.17, 15) is 9.59 Å². The van der Waals surface area contributed by atoms with Gasteiger partial charge in [0.15, 0.2) is 0 Å². The van der Waals surface area contributed by atoms with Crippen LogP contribution in [0.25, 0.3) is 22.4 Å². The average Bonchev–Trinajstić information content (AvgIpc) is 3.05. The van der Waals surface area contributed by atoms with Crippen molar-refractivity contribution < 1.29 is 9.59 Å². The minimum absolute atomic E-state index is 0.00985. The number of benzene rings is 2. The smallest absolute Gasteiger partial charge is 0.253 e. The van der Waals surface area contributed by atoms with Gasteiger partial charge in [-0.15, -0.1) is 0 Å². The molecule has 1 fully saturated rings. The summed E-state index contributed by atoms with van der Waals surface area (Å²) < 4.78 is 2.08. The predicted octanol–water partition coefficient (Wildman–Crippen LogP) is 6.06. The molecule has 0 saturated heterocycles. The van der Waals surface area contributed by atoms with Gasteiger partial charge in [0, 0.05) is 42.5 Å². The van der Waals surface area contributed by atoms with Crippen LogP contribution in [0, 0.1) is 5.92 Å². The molecule has 40 heavy (non-hydrogen) atoms. The first-order valence-corrected chi connectivity index (χ1v) is 15.1. The van der Waals surface area contributed by atoms with Crippen LogP contribution in [0.5, 0.6) is 0 Å². The van der Waals surface area contributed by atoms with Crippen molar-refractivity contribution in [2.24, 2.45) is 5.92 Å². The summed E-state index contributed by atoms with van der Waals surface area (Å²) >= 11 is 0. The van der Waals surface area contributed by atoms with E-state index in [0.29, 0.717) is 24.7 Å². The van der Waals surface area contributed by atoms with E-state index in [-0.39, 0.29) is 17.7 Å². The Morgan fingerprint density at radius 1 is 1.10 bits per heavy atom. The standard InChI is InChI=1S/C32H44N6O2/c1-5-17-37(18-16-33-4)32(40)22-12-15-28-27(19-22)35-30-25-20-24(34-23-10-8-6-7-9-11-23)13-14-26(25)36-31(39)29(21(2)3)38(28)30/h12-15,19-21,23,29,33-34H,5-11,16-18H2,1-4H3,(H,36,39)/t29-/m0/s1. The zero-order valence-corrected chi connectivity index (χ0v) is 24.4. The largest absolute Gasteiger partial charge is 0.382 e. The van der Waals surface area contributed by atoms with Gasteiger partial charge in [-0.25, -0.2) is 4.98 Å². The van der Waals surface area contributed by atoms with Crippen molar-refractivity contribution in [2.45, 2.75) is 77.8 Å². The summed E-state index contributed by atoms with van der Waals surface area (Å²) in [6.07, 6.45) is 8.41. The number of aromatic nitrogens is 2. The summed E-state index contributed by atoms with van der Waals surface area (Å²) in [7, 11) is 1.90. The van der Waals surface area contributed by atoms with E-state index in [0.717, 1.165) is 46.8 Å². The lowest BCUT2D eigenvalue weighted by Gasteiger charge is -2.23. The molecular formula is C32H44N6O2. The molecule has 2 heterocycles. The fourth-order valence-electron chi connectivity index (χ4n) is 6.23. The number of anilines is 2. The van der Waals surface area contributed by atoms with Gasteiger partial charge in [0.2, 0.25) is 5.91 Å². The molecule has 0 radical (unpaired) electrons. The number of likely N-dealkylation sites (N-methyl/N-ethyl adjacent to an activating group) is 1. The van der Waals surface area contributed by atoms with Gasteiger partial charge < -0.3 is 25.4 Å². The molecule has 1 aromatic heterocycles. The van der Waals surface area contributed by atoms with E-state index in [1.54, 1.807) is 0 Å². The summed E-state index contributed by atoms with van der Waals surface area (Å²) in [4.78, 5) is 34.0. The molecule has 0 spiro atoms. The van der Waals surface area contributed by atoms with Crippen molar-refractivity contribution in [3.63, 3.8) is 0 Å². The maximum absolute atomic E-state index is 13.6. The molecule has 3 N–H and O–H groups in total. The normalized spacial score (nSPS) is 17.6. The van der Waals surface area contributed by atoms with E-state index < -0.39 is 6.04 Å². The van der Waals surface area contributed by atoms with Crippen LogP contribution in [0.15, 0.2) is 36.4 Å². The molecule has 0 unspecified atom stereocenters. The summed E-state index contributed by atoms with van der Waals surface area (Å²) in [6.45, 7) is 8.32. The number of hydrogen-bond acceptors (Lipinski definition) is 5. The van der Waals surface area contributed by atoms with Gasteiger partial charge in [-0.05, 0) is 68.6 Å². The van der Waals surface area contributed by atoms with Gasteiger partial charge in [0.05, 0.1) is 16.7 Å². The number of amides is 2. The second-order valence-corrected chi connectivity index (χ2v) is 11.7. The quantitative estimate of drug-likeness (QED) is 0.285. The molecule has 214 valence electrons. The van der Waals surface area contributed by atoms with Crippen molar-refractivity contribution >= 4 is 34.2 Å². The van der Waals surface area contributed by atoms with Crippen LogP contribution >= 0.6 is 0 Å². The van der Waals surface area contributed by atoms with Gasteiger partial charge in [-0.1, -0.05) is 46.5 Å². The van der Waals surface area contributed by atoms with E-state index in [1.807, 2.05) is 36.2 Å². The Bertz CT molecular complexity index is 1350. The number of rotatable bonds is 9. The van der Waals surface area contributed by atoms with Crippen molar-refractivity contribution in [2.75, 3.05) is 37.3 Å². The first-order valence-electron chi connectivity index (χ1n) is 15.1. The molecule has 2 amide bonds. The van der Waals surface area contributed by atoms with Gasteiger partial charge in [-0.3, -0.25) is 9.59 Å². The summed E-state index contributed by atoms with van der Waals surface area (Å²) in [5, 5.41) is 10.1. The Morgan fingerprint density at radius 3 is 2.58 bits per heavy atom. The van der Waals surface area contributed by atoms with Crippen LogP contribution in [0.3, 0.4) is 0 Å². The van der Waals surface area contributed by atoms with Crippen molar-refractivity contribution in [1.82, 2.24) is 19.8 Å². The van der Waals surface area contributed by atoms with Crippen LogP contribution in [-0.4, -0.2) is 59.0 Å². The molecule has 0 bridgehead atoms. The molecule has 1 aliphatic carbocycles. The van der Waals surface area contributed by atoms with Crippen LogP contribution in [0.4, 0.5) is 11.4 Å². The molecule has 8 nitrogen and oxygen atoms in total. The lowest BCUT2D eigenvalue weighted by molar-refractivity contribution is -0.120. The molecule has 8 heteroatoms. The number of nitrogens with zero attached hydrogens (tertiary/aromatic N) is 3. The van der Waals surface area contributed by atoms with Gasteiger partial charge in [0.1, 0.15) is 11.9 Å². The molecule has 1 aliphatic heterocycles. The van der Waals surface area contributed by atoms with E-state index in [2.05, 4.69) is 53.4 Å². The van der Waals surface area contributed by atoms with Crippen LogP contribution in [0.2, 0.25) is 0 Å². The highest BCUT2D eigenvalue weighted by Gasteiger charge is 2.33. The summed E-state index contributed by atoms with van der Waals surface area (Å²) in [6, 6.07) is 12.0. The van der Waals surface area contributed by atoms with Crippen molar-refractivity contribution in [3.8, 4) is 11.4 Å². The van der Waals surface area contributed by atoms with E-state index >= 15 is 0 Å². The van der Waals surface area contributed by atoms with Crippen molar-refractivity contribution in [3.05, 3.63) is 42.0 Å². The molecular weight excluding hydrogens is 500 g/mol. The number of carbonyl (C=O) groups is 2. The zero-order valence-electron chi connectivity index (χ0n) is 24.4. The van der Waals surface area contributed by atoms with Crippen LogP contribution in [0.1, 0.15) is 82.1 Å². The minimum atomic E-state index is -0.417. The highest BCUT2D eigenvalue weighted by Crippen LogP contribution is 2.40. The Hall–Kier alpha value is -3.39. The Balaban J connectivity index is 1.57. The van der Waals surface area contributed by atoms with Gasteiger partial charge in [0.25, 0.3) is 5.91 Å². The Morgan fingerprint density at radius 2 is 1.88 bits per heavy atom. The third-order valence-corrected chi connectivity index (χ3v) is 8.27. The second kappa shape index (κ2) is 12.4. The summed E-state index contributed by atoms with van der Waals surface area (Å²) in [5.41, 5.74) is 4.96. The maximum Gasteiger partial charge on any atom is 0.253 e. The third-order valence-electron chi connectivity index (χ3n) is 8.27. The van der Waals surface area contributed by atoms with E-state index in [1.165, 1.54) is 38.5 Å². The Kier molecular flexibility index (Phi) is 8.74. The topological polar surface area (TPSA) is 91.3 Å². The first-order chi connectivity index (χ1) is 19.4. The third kappa shape index (κ3) is 5.73. The van der Waals surface area contributed by atoms with Crippen molar-refractivity contribution in [1.29, 1.82) is 0 Å².